The van der Waals surface area contributed by atoms with Crippen molar-refractivity contribution in [1.29, 1.82) is 0 Å². The van der Waals surface area contributed by atoms with E-state index < -0.39 is 0 Å². The van der Waals surface area contributed by atoms with Gasteiger partial charge >= 0.3 is 6.03 Å². The van der Waals surface area contributed by atoms with E-state index in [2.05, 4.69) is 12.2 Å². The molecule has 6 heteroatoms. The number of hydrogen-bond donors (Lipinski definition) is 1. The zero-order chi connectivity index (χ0) is 17.7. The highest BCUT2D eigenvalue weighted by molar-refractivity contribution is 5.74. The second-order valence-corrected chi connectivity index (χ2v) is 6.90. The SMILES string of the molecule is CC[C@]1(C)CN(C(=O)NCc2ccc(CN(C)C)c(F)c2)CCO1. The van der Waals surface area contributed by atoms with E-state index in [1.165, 1.54) is 6.07 Å². The molecule has 1 aromatic rings. The third-order valence-electron chi connectivity index (χ3n) is 4.42. The lowest BCUT2D eigenvalue weighted by Gasteiger charge is -2.39. The fourth-order valence-electron chi connectivity index (χ4n) is 2.78. The van der Waals surface area contributed by atoms with Gasteiger partial charge in [-0.3, -0.25) is 0 Å². The Hall–Kier alpha value is -1.66. The molecule has 0 unspecified atom stereocenters. The summed E-state index contributed by atoms with van der Waals surface area (Å²) in [7, 11) is 3.81. The summed E-state index contributed by atoms with van der Waals surface area (Å²) in [5.41, 5.74) is 1.13. The third kappa shape index (κ3) is 4.92. The van der Waals surface area contributed by atoms with Crippen LogP contribution in [0.5, 0.6) is 0 Å². The maximum absolute atomic E-state index is 14.1. The first-order valence-corrected chi connectivity index (χ1v) is 8.42. The largest absolute Gasteiger partial charge is 0.372 e. The van der Waals surface area contributed by atoms with E-state index in [1.807, 2.05) is 32.0 Å². The highest BCUT2D eigenvalue weighted by Crippen LogP contribution is 2.21. The van der Waals surface area contributed by atoms with Gasteiger partial charge in [0.25, 0.3) is 0 Å². The Morgan fingerprint density at radius 3 is 2.83 bits per heavy atom. The van der Waals surface area contributed by atoms with E-state index in [9.17, 15) is 9.18 Å². The third-order valence-corrected chi connectivity index (χ3v) is 4.42. The van der Waals surface area contributed by atoms with Gasteiger partial charge in [0, 0.05) is 25.2 Å². The fourth-order valence-corrected chi connectivity index (χ4v) is 2.78. The summed E-state index contributed by atoms with van der Waals surface area (Å²) in [6.07, 6.45) is 0.856. The summed E-state index contributed by atoms with van der Waals surface area (Å²) in [4.78, 5) is 16.0. The molecular formula is C18H28FN3O2. The molecule has 5 nitrogen and oxygen atoms in total. The number of rotatable bonds is 5. The van der Waals surface area contributed by atoms with Gasteiger partial charge < -0.3 is 19.9 Å². The van der Waals surface area contributed by atoms with Crippen molar-refractivity contribution in [1.82, 2.24) is 15.1 Å². The van der Waals surface area contributed by atoms with Crippen LogP contribution in [0.1, 0.15) is 31.4 Å². The Bertz CT molecular complexity index is 579. The molecule has 2 rings (SSSR count). The van der Waals surface area contributed by atoms with Gasteiger partial charge in [0.05, 0.1) is 18.8 Å². The van der Waals surface area contributed by atoms with Gasteiger partial charge in [-0.05, 0) is 39.1 Å². The molecule has 134 valence electrons. The van der Waals surface area contributed by atoms with Crippen molar-refractivity contribution in [2.75, 3.05) is 33.8 Å². The number of ether oxygens (including phenoxy) is 1. The molecule has 1 fully saturated rings. The summed E-state index contributed by atoms with van der Waals surface area (Å²) in [6, 6.07) is 5.00. The van der Waals surface area contributed by atoms with Crippen LogP contribution in [0.4, 0.5) is 9.18 Å². The highest BCUT2D eigenvalue weighted by atomic mass is 19.1. The van der Waals surface area contributed by atoms with Crippen molar-refractivity contribution in [2.45, 2.75) is 39.0 Å². The minimum Gasteiger partial charge on any atom is -0.372 e. The molecule has 1 atom stereocenters. The lowest BCUT2D eigenvalue weighted by atomic mass is 10.0. The Kier molecular flexibility index (Phi) is 6.18. The van der Waals surface area contributed by atoms with Gasteiger partial charge in [0.15, 0.2) is 0 Å². The van der Waals surface area contributed by atoms with Gasteiger partial charge in [-0.2, -0.15) is 0 Å². The van der Waals surface area contributed by atoms with E-state index in [0.717, 1.165) is 12.0 Å². The Balaban J connectivity index is 1.91. The first kappa shape index (κ1) is 18.7. The number of hydrogen-bond acceptors (Lipinski definition) is 3. The molecule has 1 aliphatic rings. The fraction of sp³-hybridized carbons (Fsp3) is 0.611. The lowest BCUT2D eigenvalue weighted by molar-refractivity contribution is -0.0872. The molecule has 24 heavy (non-hydrogen) atoms. The molecule has 0 aliphatic carbocycles. The second-order valence-electron chi connectivity index (χ2n) is 6.90. The number of benzene rings is 1. The standard InChI is InChI=1S/C18H28FN3O2/c1-5-18(2)13-22(8-9-24-18)17(23)20-11-14-6-7-15(12-21(3)4)16(19)10-14/h6-7,10H,5,8-9,11-13H2,1-4H3,(H,20,23)/t18-/m1/s1. The number of nitrogens with zero attached hydrogens (tertiary/aromatic N) is 2. The van der Waals surface area contributed by atoms with E-state index in [-0.39, 0.29) is 17.4 Å². The number of carbonyl (C=O) groups excluding carboxylic acids is 1. The Morgan fingerprint density at radius 2 is 2.21 bits per heavy atom. The van der Waals surface area contributed by atoms with Crippen LogP contribution in [0.2, 0.25) is 0 Å². The van der Waals surface area contributed by atoms with Crippen molar-refractivity contribution in [3.8, 4) is 0 Å². The monoisotopic (exact) mass is 337 g/mol. The molecule has 0 radical (unpaired) electrons. The number of halogens is 1. The maximum Gasteiger partial charge on any atom is 0.317 e. The van der Waals surface area contributed by atoms with Crippen molar-refractivity contribution in [3.05, 3.63) is 35.1 Å². The molecule has 1 aromatic carbocycles. The van der Waals surface area contributed by atoms with Crippen LogP contribution in [0.25, 0.3) is 0 Å². The first-order chi connectivity index (χ1) is 11.3. The Labute approximate surface area is 143 Å². The zero-order valence-electron chi connectivity index (χ0n) is 15.1. The van der Waals surface area contributed by atoms with Gasteiger partial charge in [-0.1, -0.05) is 19.1 Å². The average molecular weight is 337 g/mol. The van der Waals surface area contributed by atoms with Gasteiger partial charge in [-0.15, -0.1) is 0 Å². The number of nitrogens with one attached hydrogen (secondary N) is 1. The van der Waals surface area contributed by atoms with Crippen LogP contribution < -0.4 is 5.32 Å². The van der Waals surface area contributed by atoms with Crippen LogP contribution in [0.15, 0.2) is 18.2 Å². The van der Waals surface area contributed by atoms with E-state index in [4.69, 9.17) is 4.74 Å². The first-order valence-electron chi connectivity index (χ1n) is 8.42. The summed E-state index contributed by atoms with van der Waals surface area (Å²) >= 11 is 0. The Morgan fingerprint density at radius 1 is 1.46 bits per heavy atom. The minimum atomic E-state index is -0.282. The average Bonchev–Trinajstić information content (AvgIpc) is 2.54. The summed E-state index contributed by atoms with van der Waals surface area (Å²) in [5, 5.41) is 2.87. The topological polar surface area (TPSA) is 44.8 Å². The van der Waals surface area contributed by atoms with Crippen molar-refractivity contribution in [3.63, 3.8) is 0 Å². The predicted octanol–water partition coefficient (Wildman–Crippen LogP) is 2.60. The zero-order valence-corrected chi connectivity index (χ0v) is 15.1. The summed E-state index contributed by atoms with van der Waals surface area (Å²) in [6.45, 7) is 6.65. The van der Waals surface area contributed by atoms with Gasteiger partial charge in [0.1, 0.15) is 5.82 Å². The van der Waals surface area contributed by atoms with Crippen molar-refractivity contribution in [2.24, 2.45) is 0 Å². The van der Waals surface area contributed by atoms with Gasteiger partial charge in [-0.25, -0.2) is 9.18 Å². The quantitative estimate of drug-likeness (QED) is 0.898. The molecule has 0 spiro atoms. The summed E-state index contributed by atoms with van der Waals surface area (Å²) in [5.74, 6) is -0.236. The molecule has 1 aliphatic heterocycles. The molecule has 1 N–H and O–H groups in total. The smallest absolute Gasteiger partial charge is 0.317 e. The molecule has 0 bridgehead atoms. The minimum absolute atomic E-state index is 0.129. The van der Waals surface area contributed by atoms with Crippen molar-refractivity contribution >= 4 is 6.03 Å². The lowest BCUT2D eigenvalue weighted by Crippen LogP contribution is -2.54. The number of amides is 2. The number of morpholine rings is 1. The normalized spacial score (nSPS) is 21.2. The van der Waals surface area contributed by atoms with Crippen LogP contribution in [-0.2, 0) is 17.8 Å². The molecule has 1 saturated heterocycles. The van der Waals surface area contributed by atoms with Gasteiger partial charge in [0.2, 0.25) is 0 Å². The second kappa shape index (κ2) is 7.94. The molecule has 2 amide bonds. The summed E-state index contributed by atoms with van der Waals surface area (Å²) < 4.78 is 19.8. The van der Waals surface area contributed by atoms with Crippen LogP contribution in [-0.4, -0.2) is 55.2 Å². The van der Waals surface area contributed by atoms with Crippen LogP contribution >= 0.6 is 0 Å². The number of urea groups is 1. The van der Waals surface area contributed by atoms with E-state index in [1.54, 1.807) is 11.0 Å². The van der Waals surface area contributed by atoms with Crippen LogP contribution in [0.3, 0.4) is 0 Å². The van der Waals surface area contributed by atoms with E-state index >= 15 is 0 Å². The van der Waals surface area contributed by atoms with Crippen molar-refractivity contribution < 1.29 is 13.9 Å². The van der Waals surface area contributed by atoms with E-state index in [0.29, 0.717) is 38.3 Å². The molecule has 0 aromatic heterocycles. The number of carbonyl (C=O) groups is 1. The van der Waals surface area contributed by atoms with Crippen LogP contribution in [0, 0.1) is 5.82 Å². The highest BCUT2D eigenvalue weighted by Gasteiger charge is 2.32. The molecule has 0 saturated carbocycles. The maximum atomic E-state index is 14.1. The molecule has 1 heterocycles. The molecular weight excluding hydrogens is 309 g/mol. The predicted molar refractivity (Wildman–Crippen MR) is 92.2 cm³/mol.